The van der Waals surface area contributed by atoms with Crippen molar-refractivity contribution in [2.24, 2.45) is 0 Å². The van der Waals surface area contributed by atoms with Crippen molar-refractivity contribution < 1.29 is 13.0 Å². The highest BCUT2D eigenvalue weighted by molar-refractivity contribution is 7.86. The van der Waals surface area contributed by atoms with E-state index in [0.29, 0.717) is 12.8 Å². The predicted octanol–water partition coefficient (Wildman–Crippen LogP) is 4.18. The molecule has 0 fully saturated rings. The van der Waals surface area contributed by atoms with Crippen LogP contribution in [0.25, 0.3) is 0 Å². The molecule has 0 aliphatic rings. The molecule has 0 atom stereocenters. The van der Waals surface area contributed by atoms with Gasteiger partial charge in [0.05, 0.1) is 5.25 Å². The van der Waals surface area contributed by atoms with Crippen LogP contribution in [0.4, 0.5) is 0 Å². The summed E-state index contributed by atoms with van der Waals surface area (Å²) >= 11 is 0. The summed E-state index contributed by atoms with van der Waals surface area (Å²) in [6.45, 7) is 4.26. The molecule has 3 nitrogen and oxygen atoms in total. The highest BCUT2D eigenvalue weighted by Gasteiger charge is 2.21. The van der Waals surface area contributed by atoms with Crippen LogP contribution in [0.2, 0.25) is 0 Å². The quantitative estimate of drug-likeness (QED) is 0.450. The molecular weight excluding hydrogens is 236 g/mol. The Hall–Kier alpha value is -0.0900. The molecule has 0 radical (unpaired) electrons. The minimum Gasteiger partial charge on any atom is -0.285 e. The molecule has 0 amide bonds. The van der Waals surface area contributed by atoms with Crippen LogP contribution in [-0.4, -0.2) is 18.2 Å². The standard InChI is InChI=1S/C13H28O3S/c1-3-5-7-9-11-13(17(14,15)16)12-10-8-6-4-2/h13H,3-12H2,1-2H3,(H,14,15,16). The fourth-order valence-corrected chi connectivity index (χ4v) is 2.97. The number of unbranched alkanes of at least 4 members (excludes halogenated alkanes) is 6. The number of hydrogen-bond donors (Lipinski definition) is 1. The maximum atomic E-state index is 11.2. The van der Waals surface area contributed by atoms with Crippen LogP contribution in [-0.2, 0) is 10.1 Å². The summed E-state index contributed by atoms with van der Waals surface area (Å²) in [5, 5.41) is -0.531. The molecule has 0 saturated heterocycles. The minimum atomic E-state index is -3.84. The summed E-state index contributed by atoms with van der Waals surface area (Å²) in [5.74, 6) is 0. The van der Waals surface area contributed by atoms with Gasteiger partial charge in [-0.3, -0.25) is 4.55 Å². The molecular formula is C13H28O3S. The average Bonchev–Trinajstić information content (AvgIpc) is 2.25. The van der Waals surface area contributed by atoms with Crippen LogP contribution >= 0.6 is 0 Å². The molecule has 1 N–H and O–H groups in total. The third kappa shape index (κ3) is 9.60. The zero-order valence-electron chi connectivity index (χ0n) is 11.3. The van der Waals surface area contributed by atoms with Gasteiger partial charge in [0.25, 0.3) is 10.1 Å². The molecule has 0 aliphatic heterocycles. The Morgan fingerprint density at radius 1 is 0.824 bits per heavy atom. The summed E-state index contributed by atoms with van der Waals surface area (Å²) in [4.78, 5) is 0. The first-order chi connectivity index (χ1) is 8.02. The third-order valence-electron chi connectivity index (χ3n) is 3.18. The largest absolute Gasteiger partial charge is 0.285 e. The molecule has 104 valence electrons. The second kappa shape index (κ2) is 9.89. The van der Waals surface area contributed by atoms with Crippen molar-refractivity contribution in [3.8, 4) is 0 Å². The normalized spacial score (nSPS) is 12.2. The lowest BCUT2D eigenvalue weighted by molar-refractivity contribution is 0.444. The van der Waals surface area contributed by atoms with E-state index in [0.717, 1.165) is 51.4 Å². The Morgan fingerprint density at radius 2 is 1.24 bits per heavy atom. The van der Waals surface area contributed by atoms with Crippen molar-refractivity contribution >= 4 is 10.1 Å². The molecule has 0 bridgehead atoms. The summed E-state index contributed by atoms with van der Waals surface area (Å²) in [7, 11) is -3.84. The van der Waals surface area contributed by atoms with Crippen molar-refractivity contribution in [1.82, 2.24) is 0 Å². The molecule has 0 aromatic rings. The van der Waals surface area contributed by atoms with Crippen molar-refractivity contribution in [2.45, 2.75) is 83.3 Å². The maximum absolute atomic E-state index is 11.2. The Kier molecular flexibility index (Phi) is 9.84. The van der Waals surface area contributed by atoms with Gasteiger partial charge < -0.3 is 0 Å². The zero-order valence-corrected chi connectivity index (χ0v) is 12.1. The Labute approximate surface area is 107 Å². The van der Waals surface area contributed by atoms with E-state index in [1.54, 1.807) is 0 Å². The van der Waals surface area contributed by atoms with E-state index < -0.39 is 15.4 Å². The van der Waals surface area contributed by atoms with Gasteiger partial charge in [0.15, 0.2) is 0 Å². The Balaban J connectivity index is 3.90. The molecule has 0 unspecified atom stereocenters. The van der Waals surface area contributed by atoms with E-state index in [1.165, 1.54) is 0 Å². The maximum Gasteiger partial charge on any atom is 0.267 e. The monoisotopic (exact) mass is 264 g/mol. The van der Waals surface area contributed by atoms with Gasteiger partial charge in [-0.1, -0.05) is 65.2 Å². The van der Waals surface area contributed by atoms with Gasteiger partial charge in [0, 0.05) is 0 Å². The Bertz CT molecular complexity index is 248. The summed E-state index contributed by atoms with van der Waals surface area (Å²) in [5.41, 5.74) is 0. The fraction of sp³-hybridized carbons (Fsp3) is 1.00. The zero-order chi connectivity index (χ0) is 13.1. The lowest BCUT2D eigenvalue weighted by Crippen LogP contribution is -2.20. The summed E-state index contributed by atoms with van der Waals surface area (Å²) < 4.78 is 31.6. The molecule has 4 heteroatoms. The van der Waals surface area contributed by atoms with E-state index in [1.807, 2.05) is 0 Å². The van der Waals surface area contributed by atoms with Gasteiger partial charge >= 0.3 is 0 Å². The lowest BCUT2D eigenvalue weighted by atomic mass is 10.1. The lowest BCUT2D eigenvalue weighted by Gasteiger charge is -2.13. The van der Waals surface area contributed by atoms with Gasteiger partial charge in [0.1, 0.15) is 0 Å². The minimum absolute atomic E-state index is 0.531. The van der Waals surface area contributed by atoms with Crippen LogP contribution in [0.3, 0.4) is 0 Å². The van der Waals surface area contributed by atoms with Gasteiger partial charge in [-0.15, -0.1) is 0 Å². The van der Waals surface area contributed by atoms with Crippen molar-refractivity contribution in [1.29, 1.82) is 0 Å². The second-order valence-corrected chi connectivity index (χ2v) is 6.53. The topological polar surface area (TPSA) is 54.4 Å². The van der Waals surface area contributed by atoms with E-state index in [-0.39, 0.29) is 0 Å². The first-order valence-electron chi connectivity index (χ1n) is 6.98. The summed E-state index contributed by atoms with van der Waals surface area (Å²) in [6.07, 6.45) is 9.77. The van der Waals surface area contributed by atoms with Gasteiger partial charge in [-0.25, -0.2) is 0 Å². The van der Waals surface area contributed by atoms with Gasteiger partial charge in [-0.05, 0) is 12.8 Å². The first-order valence-corrected chi connectivity index (χ1v) is 8.49. The molecule has 0 aromatic heterocycles. The van der Waals surface area contributed by atoms with Crippen LogP contribution in [0, 0.1) is 0 Å². The highest BCUT2D eigenvalue weighted by atomic mass is 32.2. The van der Waals surface area contributed by atoms with Crippen LogP contribution in [0.5, 0.6) is 0 Å². The Morgan fingerprint density at radius 3 is 1.53 bits per heavy atom. The number of hydrogen-bond acceptors (Lipinski definition) is 2. The number of rotatable bonds is 11. The van der Waals surface area contributed by atoms with E-state index in [9.17, 15) is 8.42 Å². The molecule has 17 heavy (non-hydrogen) atoms. The molecule has 0 rings (SSSR count). The van der Waals surface area contributed by atoms with Crippen molar-refractivity contribution in [3.05, 3.63) is 0 Å². The molecule has 0 aromatic carbocycles. The van der Waals surface area contributed by atoms with E-state index >= 15 is 0 Å². The second-order valence-electron chi connectivity index (χ2n) is 4.84. The molecule has 0 aliphatic carbocycles. The smallest absolute Gasteiger partial charge is 0.267 e. The van der Waals surface area contributed by atoms with Crippen LogP contribution in [0.15, 0.2) is 0 Å². The van der Waals surface area contributed by atoms with Gasteiger partial charge in [0.2, 0.25) is 0 Å². The van der Waals surface area contributed by atoms with Crippen molar-refractivity contribution in [2.75, 3.05) is 0 Å². The molecule has 0 spiro atoms. The third-order valence-corrected chi connectivity index (χ3v) is 4.49. The highest BCUT2D eigenvalue weighted by Crippen LogP contribution is 2.18. The van der Waals surface area contributed by atoms with Crippen LogP contribution in [0.1, 0.15) is 78.1 Å². The van der Waals surface area contributed by atoms with Crippen LogP contribution < -0.4 is 0 Å². The molecule has 0 heterocycles. The van der Waals surface area contributed by atoms with Crippen molar-refractivity contribution in [3.63, 3.8) is 0 Å². The predicted molar refractivity (Wildman–Crippen MR) is 72.9 cm³/mol. The van der Waals surface area contributed by atoms with Gasteiger partial charge in [-0.2, -0.15) is 8.42 Å². The van der Waals surface area contributed by atoms with E-state index in [4.69, 9.17) is 4.55 Å². The first kappa shape index (κ1) is 16.9. The SMILES string of the molecule is CCCCCCC(CCCCCC)S(=O)(=O)O. The fourth-order valence-electron chi connectivity index (χ4n) is 2.04. The summed E-state index contributed by atoms with van der Waals surface area (Å²) in [6, 6.07) is 0. The molecule has 0 saturated carbocycles. The van der Waals surface area contributed by atoms with E-state index in [2.05, 4.69) is 13.8 Å². The average molecular weight is 264 g/mol.